The van der Waals surface area contributed by atoms with Gasteiger partial charge < -0.3 is 15.8 Å². The predicted octanol–water partition coefficient (Wildman–Crippen LogP) is 4.03. The molecule has 2 amide bonds. The Bertz CT molecular complexity index is 939. The van der Waals surface area contributed by atoms with Crippen molar-refractivity contribution >= 4 is 45.5 Å². The molecular formula is C21H25N3O3S2. The molecule has 1 unspecified atom stereocenters. The lowest BCUT2D eigenvalue weighted by Gasteiger charge is -2.14. The van der Waals surface area contributed by atoms with E-state index < -0.39 is 5.91 Å². The molecule has 1 atom stereocenters. The molecule has 29 heavy (non-hydrogen) atoms. The van der Waals surface area contributed by atoms with E-state index in [9.17, 15) is 9.59 Å². The first-order chi connectivity index (χ1) is 13.9. The number of aryl methyl sites for hydroxylation is 1. The number of fused-ring (bicyclic) bond motifs is 1. The van der Waals surface area contributed by atoms with Gasteiger partial charge in [0, 0.05) is 10.4 Å². The zero-order valence-corrected chi connectivity index (χ0v) is 18.2. The Hall–Kier alpha value is -2.45. The Morgan fingerprint density at radius 1 is 1.31 bits per heavy atom. The molecule has 3 rings (SSSR count). The van der Waals surface area contributed by atoms with Gasteiger partial charge in [-0.2, -0.15) is 0 Å². The molecule has 2 aromatic rings. The monoisotopic (exact) mass is 431 g/mol. The zero-order chi connectivity index (χ0) is 21.0. The molecule has 0 saturated carbocycles. The summed E-state index contributed by atoms with van der Waals surface area (Å²) in [5.74, 6) is -0.192. The smallest absolute Gasteiger partial charge is 0.257 e. The number of thiophene rings is 1. The maximum atomic E-state index is 12.6. The summed E-state index contributed by atoms with van der Waals surface area (Å²) >= 11 is 6.78. The van der Waals surface area contributed by atoms with Crippen molar-refractivity contribution in [2.24, 2.45) is 5.73 Å². The van der Waals surface area contributed by atoms with Crippen molar-refractivity contribution in [2.75, 3.05) is 5.32 Å². The van der Waals surface area contributed by atoms with Gasteiger partial charge in [-0.1, -0.05) is 13.0 Å². The first-order valence-electron chi connectivity index (χ1n) is 9.72. The molecule has 0 fully saturated rings. The van der Waals surface area contributed by atoms with Crippen LogP contribution in [0.25, 0.3) is 0 Å². The van der Waals surface area contributed by atoms with Gasteiger partial charge in [0.25, 0.3) is 11.8 Å². The van der Waals surface area contributed by atoms with Crippen molar-refractivity contribution in [3.05, 3.63) is 45.8 Å². The van der Waals surface area contributed by atoms with Crippen molar-refractivity contribution in [1.82, 2.24) is 5.32 Å². The molecule has 1 aliphatic carbocycles. The molecule has 1 heterocycles. The highest BCUT2D eigenvalue weighted by Gasteiger charge is 2.24. The van der Waals surface area contributed by atoms with Crippen LogP contribution in [0.15, 0.2) is 24.3 Å². The van der Waals surface area contributed by atoms with Crippen LogP contribution in [0.5, 0.6) is 5.75 Å². The molecule has 1 aliphatic rings. The van der Waals surface area contributed by atoms with Crippen LogP contribution in [0.4, 0.5) is 5.00 Å². The number of carbonyl (C=O) groups is 2. The lowest BCUT2D eigenvalue weighted by molar-refractivity contribution is 0.0974. The van der Waals surface area contributed by atoms with Crippen molar-refractivity contribution < 1.29 is 14.3 Å². The average molecular weight is 432 g/mol. The minimum Gasteiger partial charge on any atom is -0.491 e. The molecule has 0 spiro atoms. The molecule has 154 valence electrons. The summed E-state index contributed by atoms with van der Waals surface area (Å²) in [6.45, 7) is 4.01. The fourth-order valence-corrected chi connectivity index (χ4v) is 4.81. The van der Waals surface area contributed by atoms with Gasteiger partial charge in [0.1, 0.15) is 10.8 Å². The fourth-order valence-electron chi connectivity index (χ4n) is 3.25. The summed E-state index contributed by atoms with van der Waals surface area (Å²) in [5.41, 5.74) is 7.55. The van der Waals surface area contributed by atoms with Crippen LogP contribution in [0.2, 0.25) is 0 Å². The second-order valence-electron chi connectivity index (χ2n) is 7.05. The molecule has 0 bridgehead atoms. The van der Waals surface area contributed by atoms with Crippen molar-refractivity contribution in [2.45, 2.75) is 52.1 Å². The van der Waals surface area contributed by atoms with Gasteiger partial charge in [0.15, 0.2) is 5.11 Å². The number of carbonyl (C=O) groups excluding carboxylic acids is 2. The first kappa shape index (κ1) is 21.3. The Balaban J connectivity index is 1.70. The summed E-state index contributed by atoms with van der Waals surface area (Å²) in [4.78, 5) is 25.7. The number of primary amides is 1. The van der Waals surface area contributed by atoms with E-state index in [-0.39, 0.29) is 17.1 Å². The number of hydrogen-bond donors (Lipinski definition) is 3. The molecule has 1 aromatic carbocycles. The van der Waals surface area contributed by atoms with Crippen molar-refractivity contribution in [3.8, 4) is 5.75 Å². The Kier molecular flexibility index (Phi) is 6.87. The molecular weight excluding hydrogens is 406 g/mol. The van der Waals surface area contributed by atoms with Crippen molar-refractivity contribution in [1.29, 1.82) is 0 Å². The lowest BCUT2D eigenvalue weighted by Crippen LogP contribution is -2.34. The predicted molar refractivity (Wildman–Crippen MR) is 120 cm³/mol. The normalized spacial score (nSPS) is 13.9. The van der Waals surface area contributed by atoms with Crippen LogP contribution < -0.4 is 21.1 Å². The fraction of sp³-hybridized carbons (Fsp3) is 0.381. The van der Waals surface area contributed by atoms with Gasteiger partial charge in [-0.25, -0.2) is 0 Å². The van der Waals surface area contributed by atoms with Gasteiger partial charge in [0.05, 0.1) is 11.7 Å². The standard InChI is InChI=1S/C21H25N3O3S2/c1-3-12(2)27-14-8-6-7-13(11-14)19(26)23-21(28)24-20-17(18(22)25)15-9-4-5-10-16(15)29-20/h6-8,11-12H,3-5,9-10H2,1-2H3,(H2,22,25)(H2,23,24,26,28). The van der Waals surface area contributed by atoms with E-state index in [4.69, 9.17) is 22.7 Å². The summed E-state index contributed by atoms with van der Waals surface area (Å²) in [6, 6.07) is 6.96. The Morgan fingerprint density at radius 3 is 2.79 bits per heavy atom. The average Bonchev–Trinajstić information content (AvgIpc) is 3.05. The van der Waals surface area contributed by atoms with Crippen molar-refractivity contribution in [3.63, 3.8) is 0 Å². The number of nitrogens with one attached hydrogen (secondary N) is 2. The maximum absolute atomic E-state index is 12.6. The number of nitrogens with two attached hydrogens (primary N) is 1. The number of thiocarbonyl (C=S) groups is 1. The van der Waals surface area contributed by atoms with Gasteiger partial charge >= 0.3 is 0 Å². The van der Waals surface area contributed by atoms with E-state index in [0.29, 0.717) is 21.9 Å². The number of amides is 2. The van der Waals surface area contributed by atoms with Crippen LogP contribution in [0.1, 0.15) is 64.3 Å². The summed E-state index contributed by atoms with van der Waals surface area (Å²) in [6.07, 6.45) is 4.85. The van der Waals surface area contributed by atoms with Gasteiger partial charge in [-0.15, -0.1) is 11.3 Å². The molecule has 1 aromatic heterocycles. The van der Waals surface area contributed by atoms with Crippen LogP contribution in [-0.2, 0) is 12.8 Å². The number of benzene rings is 1. The maximum Gasteiger partial charge on any atom is 0.257 e. The summed E-state index contributed by atoms with van der Waals surface area (Å²) < 4.78 is 5.77. The summed E-state index contributed by atoms with van der Waals surface area (Å²) in [5, 5.41) is 6.39. The van der Waals surface area contributed by atoms with E-state index in [1.807, 2.05) is 19.9 Å². The largest absolute Gasteiger partial charge is 0.491 e. The van der Waals surface area contributed by atoms with Gasteiger partial charge in [0.2, 0.25) is 0 Å². The van der Waals surface area contributed by atoms with Gasteiger partial charge in [-0.3, -0.25) is 14.9 Å². The lowest BCUT2D eigenvalue weighted by atomic mass is 9.95. The van der Waals surface area contributed by atoms with E-state index >= 15 is 0 Å². The molecule has 0 radical (unpaired) electrons. The van der Waals surface area contributed by atoms with Crippen LogP contribution in [0, 0.1) is 0 Å². The van der Waals surface area contributed by atoms with E-state index in [0.717, 1.165) is 42.5 Å². The van der Waals surface area contributed by atoms with Crippen LogP contribution in [0.3, 0.4) is 0 Å². The number of ether oxygens (including phenoxy) is 1. The number of hydrogen-bond acceptors (Lipinski definition) is 5. The highest BCUT2D eigenvalue weighted by Crippen LogP contribution is 2.37. The zero-order valence-electron chi connectivity index (χ0n) is 16.5. The Labute approximate surface area is 179 Å². The molecule has 0 saturated heterocycles. The minimum atomic E-state index is -0.476. The van der Waals surface area contributed by atoms with Gasteiger partial charge in [-0.05, 0) is 75.0 Å². The number of anilines is 1. The Morgan fingerprint density at radius 2 is 2.07 bits per heavy atom. The highest BCUT2D eigenvalue weighted by molar-refractivity contribution is 7.80. The molecule has 0 aliphatic heterocycles. The van der Waals surface area contributed by atoms with Crippen LogP contribution >= 0.6 is 23.6 Å². The second kappa shape index (κ2) is 9.37. The third-order valence-corrected chi connectivity index (χ3v) is 6.29. The topological polar surface area (TPSA) is 93.4 Å². The summed E-state index contributed by atoms with van der Waals surface area (Å²) in [7, 11) is 0. The first-order valence-corrected chi connectivity index (χ1v) is 10.9. The molecule has 4 N–H and O–H groups in total. The molecule has 6 nitrogen and oxygen atoms in total. The van der Waals surface area contributed by atoms with E-state index in [1.165, 1.54) is 11.3 Å². The quantitative estimate of drug-likeness (QED) is 0.601. The van der Waals surface area contributed by atoms with Crippen LogP contribution in [-0.4, -0.2) is 23.0 Å². The third kappa shape index (κ3) is 5.13. The third-order valence-electron chi connectivity index (χ3n) is 4.88. The second-order valence-corrected chi connectivity index (χ2v) is 8.57. The number of rotatable bonds is 6. The molecule has 8 heteroatoms. The van der Waals surface area contributed by atoms with E-state index in [1.54, 1.807) is 18.2 Å². The SMILES string of the molecule is CCC(C)Oc1cccc(C(=O)NC(=S)Nc2sc3c(c2C(N)=O)CCCC3)c1. The minimum absolute atomic E-state index is 0.0631. The highest BCUT2D eigenvalue weighted by atomic mass is 32.1. The van der Waals surface area contributed by atoms with E-state index in [2.05, 4.69) is 10.6 Å².